The van der Waals surface area contributed by atoms with E-state index in [1.165, 1.54) is 0 Å². The van der Waals surface area contributed by atoms with Crippen LogP contribution in [0.2, 0.25) is 0 Å². The van der Waals surface area contributed by atoms with E-state index >= 15 is 0 Å². The molecule has 0 saturated carbocycles. The Labute approximate surface area is 112 Å². The van der Waals surface area contributed by atoms with Gasteiger partial charge < -0.3 is 20.1 Å². The number of hydrogen-bond acceptors (Lipinski definition) is 4. The predicted octanol–water partition coefficient (Wildman–Crippen LogP) is 0.552. The third-order valence-corrected chi connectivity index (χ3v) is 3.53. The molecule has 2 aliphatic rings. The number of nitrogens with one attached hydrogen (secondary N) is 2. The Bertz CT molecular complexity index is 458. The molecule has 5 nitrogen and oxygen atoms in total. The van der Waals surface area contributed by atoms with Gasteiger partial charge in [-0.2, -0.15) is 0 Å². The maximum absolute atomic E-state index is 12.0. The third-order valence-electron chi connectivity index (χ3n) is 3.53. The number of rotatable bonds is 3. The average molecular weight is 262 g/mol. The van der Waals surface area contributed by atoms with Crippen LogP contribution in [0.15, 0.2) is 24.3 Å². The maximum atomic E-state index is 12.0. The summed E-state index contributed by atoms with van der Waals surface area (Å²) < 4.78 is 11.2. The van der Waals surface area contributed by atoms with Gasteiger partial charge >= 0.3 is 0 Å². The lowest BCUT2D eigenvalue weighted by molar-refractivity contribution is -0.130. The summed E-state index contributed by atoms with van der Waals surface area (Å²) in [4.78, 5) is 12.0. The van der Waals surface area contributed by atoms with Crippen molar-refractivity contribution in [3.8, 4) is 11.5 Å². The number of para-hydroxylation sites is 2. The lowest BCUT2D eigenvalue weighted by Crippen LogP contribution is -2.45. The van der Waals surface area contributed by atoms with E-state index in [1.807, 2.05) is 24.3 Å². The van der Waals surface area contributed by atoms with Crippen LogP contribution in [0.3, 0.4) is 0 Å². The normalized spacial score (nSPS) is 25.1. The maximum Gasteiger partial charge on any atom is 0.264 e. The molecule has 2 heterocycles. The molecule has 5 heteroatoms. The van der Waals surface area contributed by atoms with E-state index in [2.05, 4.69) is 10.6 Å². The van der Waals surface area contributed by atoms with Crippen LogP contribution >= 0.6 is 0 Å². The molecule has 0 unspecified atom stereocenters. The highest BCUT2D eigenvalue weighted by Gasteiger charge is 2.27. The number of ether oxygens (including phenoxy) is 2. The zero-order valence-electron chi connectivity index (χ0n) is 10.7. The minimum atomic E-state index is -0.552. The van der Waals surface area contributed by atoms with Crippen molar-refractivity contribution in [1.29, 1.82) is 0 Å². The monoisotopic (exact) mass is 262 g/mol. The molecule has 1 amide bonds. The van der Waals surface area contributed by atoms with Gasteiger partial charge in [0.1, 0.15) is 6.61 Å². The van der Waals surface area contributed by atoms with Gasteiger partial charge in [0, 0.05) is 6.54 Å². The van der Waals surface area contributed by atoms with Crippen molar-refractivity contribution in [1.82, 2.24) is 10.6 Å². The van der Waals surface area contributed by atoms with Crippen LogP contribution in [0.4, 0.5) is 0 Å². The minimum Gasteiger partial charge on any atom is -0.485 e. The van der Waals surface area contributed by atoms with Crippen LogP contribution in [0.5, 0.6) is 11.5 Å². The van der Waals surface area contributed by atoms with Gasteiger partial charge in [-0.1, -0.05) is 12.1 Å². The molecule has 2 N–H and O–H groups in total. The summed E-state index contributed by atoms with van der Waals surface area (Å²) in [5.74, 6) is 1.77. The predicted molar refractivity (Wildman–Crippen MR) is 70.3 cm³/mol. The van der Waals surface area contributed by atoms with Crippen molar-refractivity contribution in [3.63, 3.8) is 0 Å². The number of benzene rings is 1. The van der Waals surface area contributed by atoms with Crippen LogP contribution < -0.4 is 20.1 Å². The zero-order valence-corrected chi connectivity index (χ0v) is 10.7. The first kappa shape index (κ1) is 12.3. The van der Waals surface area contributed by atoms with E-state index in [0.29, 0.717) is 24.0 Å². The fraction of sp³-hybridized carbons (Fsp3) is 0.500. The quantitative estimate of drug-likeness (QED) is 0.835. The topological polar surface area (TPSA) is 59.6 Å². The second-order valence-corrected chi connectivity index (χ2v) is 4.97. The van der Waals surface area contributed by atoms with Gasteiger partial charge in [0.2, 0.25) is 6.10 Å². The molecule has 1 aromatic rings. The Hall–Kier alpha value is -1.75. The third kappa shape index (κ3) is 2.81. The molecule has 2 aliphatic heterocycles. The Kier molecular flexibility index (Phi) is 3.55. The largest absolute Gasteiger partial charge is 0.485 e. The Morgan fingerprint density at radius 1 is 1.37 bits per heavy atom. The van der Waals surface area contributed by atoms with Crippen LogP contribution in [-0.2, 0) is 4.79 Å². The minimum absolute atomic E-state index is 0.0959. The fourth-order valence-electron chi connectivity index (χ4n) is 2.40. The van der Waals surface area contributed by atoms with E-state index in [4.69, 9.17) is 9.47 Å². The van der Waals surface area contributed by atoms with Crippen LogP contribution in [0, 0.1) is 5.92 Å². The highest BCUT2D eigenvalue weighted by atomic mass is 16.6. The molecule has 1 aromatic carbocycles. The van der Waals surface area contributed by atoms with Crippen molar-refractivity contribution in [2.75, 3.05) is 26.2 Å². The average Bonchev–Trinajstić information content (AvgIpc) is 2.97. The smallest absolute Gasteiger partial charge is 0.264 e. The summed E-state index contributed by atoms with van der Waals surface area (Å²) in [6.45, 7) is 2.99. The molecule has 19 heavy (non-hydrogen) atoms. The van der Waals surface area contributed by atoms with Gasteiger partial charge in [0.15, 0.2) is 11.5 Å². The summed E-state index contributed by atoms with van der Waals surface area (Å²) in [5, 5.41) is 6.22. The highest BCUT2D eigenvalue weighted by molar-refractivity contribution is 5.81. The van der Waals surface area contributed by atoms with Gasteiger partial charge in [-0.25, -0.2) is 0 Å². The van der Waals surface area contributed by atoms with Gasteiger partial charge in [-0.3, -0.25) is 4.79 Å². The number of hydrogen-bond donors (Lipinski definition) is 2. The van der Waals surface area contributed by atoms with Gasteiger partial charge in [0.05, 0.1) is 0 Å². The molecular formula is C14H18N2O3. The molecule has 1 saturated heterocycles. The second-order valence-electron chi connectivity index (χ2n) is 4.97. The first-order valence-electron chi connectivity index (χ1n) is 6.70. The summed E-state index contributed by atoms with van der Waals surface area (Å²) in [5.41, 5.74) is 0. The molecule has 1 fully saturated rings. The molecule has 3 rings (SSSR count). The number of carbonyl (C=O) groups is 1. The summed E-state index contributed by atoms with van der Waals surface area (Å²) >= 11 is 0. The van der Waals surface area contributed by atoms with Crippen molar-refractivity contribution >= 4 is 5.91 Å². The summed E-state index contributed by atoms with van der Waals surface area (Å²) in [6.07, 6.45) is 0.565. The molecule has 102 valence electrons. The molecule has 0 aromatic heterocycles. The van der Waals surface area contributed by atoms with E-state index in [9.17, 15) is 4.79 Å². The standard InChI is InChI=1S/C14H18N2O3/c17-14(16-8-10-5-6-15-7-10)13-9-18-11-3-1-2-4-12(11)19-13/h1-4,10,13,15H,5-9H2,(H,16,17)/t10-,13-/m1/s1. The fourth-order valence-corrected chi connectivity index (χ4v) is 2.40. The highest BCUT2D eigenvalue weighted by Crippen LogP contribution is 2.30. The summed E-state index contributed by atoms with van der Waals surface area (Å²) in [7, 11) is 0. The SMILES string of the molecule is O=C(NC[C@@H]1CCNC1)[C@H]1COc2ccccc2O1. The first-order valence-corrected chi connectivity index (χ1v) is 6.70. The number of amides is 1. The summed E-state index contributed by atoms with van der Waals surface area (Å²) in [6, 6.07) is 7.41. The van der Waals surface area contributed by atoms with Gasteiger partial charge in [-0.05, 0) is 37.6 Å². The number of carbonyl (C=O) groups excluding carboxylic acids is 1. The lowest BCUT2D eigenvalue weighted by atomic mass is 10.1. The number of fused-ring (bicyclic) bond motifs is 1. The molecule has 0 radical (unpaired) electrons. The first-order chi connectivity index (χ1) is 9.33. The van der Waals surface area contributed by atoms with Crippen molar-refractivity contribution in [3.05, 3.63) is 24.3 Å². The van der Waals surface area contributed by atoms with E-state index in [1.54, 1.807) is 0 Å². The Balaban J connectivity index is 1.54. The molecule has 0 bridgehead atoms. The van der Waals surface area contributed by atoms with Gasteiger partial charge in [-0.15, -0.1) is 0 Å². The van der Waals surface area contributed by atoms with Gasteiger partial charge in [0.25, 0.3) is 5.91 Å². The van der Waals surface area contributed by atoms with Crippen molar-refractivity contribution < 1.29 is 14.3 Å². The van der Waals surface area contributed by atoms with Crippen LogP contribution in [-0.4, -0.2) is 38.3 Å². The molecule has 0 aliphatic carbocycles. The Morgan fingerprint density at radius 2 is 2.21 bits per heavy atom. The molecular weight excluding hydrogens is 244 g/mol. The van der Waals surface area contributed by atoms with Crippen LogP contribution in [0.25, 0.3) is 0 Å². The van der Waals surface area contributed by atoms with E-state index in [-0.39, 0.29) is 12.5 Å². The van der Waals surface area contributed by atoms with Crippen molar-refractivity contribution in [2.24, 2.45) is 5.92 Å². The zero-order chi connectivity index (χ0) is 13.1. The van der Waals surface area contributed by atoms with E-state index < -0.39 is 6.10 Å². The lowest BCUT2D eigenvalue weighted by Gasteiger charge is -2.25. The Morgan fingerprint density at radius 3 is 3.00 bits per heavy atom. The molecule has 2 atom stereocenters. The van der Waals surface area contributed by atoms with E-state index in [0.717, 1.165) is 19.5 Å². The van der Waals surface area contributed by atoms with Crippen LogP contribution in [0.1, 0.15) is 6.42 Å². The van der Waals surface area contributed by atoms with Crippen molar-refractivity contribution in [2.45, 2.75) is 12.5 Å². The second kappa shape index (κ2) is 5.48. The molecule has 0 spiro atoms.